The van der Waals surface area contributed by atoms with E-state index in [0.717, 1.165) is 19.3 Å². The fourth-order valence-electron chi connectivity index (χ4n) is 2.99. The summed E-state index contributed by atoms with van der Waals surface area (Å²) >= 11 is 0. The van der Waals surface area contributed by atoms with Gasteiger partial charge in [-0.1, -0.05) is 19.3 Å². The van der Waals surface area contributed by atoms with E-state index in [1.54, 1.807) is 0 Å². The van der Waals surface area contributed by atoms with Crippen LogP contribution in [0.5, 0.6) is 0 Å². The van der Waals surface area contributed by atoms with Gasteiger partial charge in [-0.05, 0) is 31.6 Å². The van der Waals surface area contributed by atoms with Gasteiger partial charge in [0.15, 0.2) is 5.92 Å². The predicted molar refractivity (Wildman–Crippen MR) is 64.2 cm³/mol. The van der Waals surface area contributed by atoms with E-state index in [9.17, 15) is 14.4 Å². The molecule has 1 rings (SSSR count). The van der Waals surface area contributed by atoms with Gasteiger partial charge >= 0.3 is 11.9 Å². The third-order valence-corrected chi connectivity index (χ3v) is 3.93. The van der Waals surface area contributed by atoms with Gasteiger partial charge in [0.2, 0.25) is 0 Å². The van der Waals surface area contributed by atoms with Gasteiger partial charge in [-0.15, -0.1) is 0 Å². The van der Waals surface area contributed by atoms with E-state index in [-0.39, 0.29) is 12.2 Å². The molecule has 0 heterocycles. The summed E-state index contributed by atoms with van der Waals surface area (Å²) in [5, 5.41) is 18.3. The van der Waals surface area contributed by atoms with Crippen LogP contribution < -0.4 is 0 Å². The Morgan fingerprint density at radius 2 is 1.56 bits per heavy atom. The maximum atomic E-state index is 11.2. The molecule has 0 bridgehead atoms. The number of Topliss-reactive ketones (excluding diaryl/α,β-unsaturated/α-hetero) is 1. The number of carbonyl (C=O) groups is 3. The van der Waals surface area contributed by atoms with Crippen molar-refractivity contribution >= 4 is 17.7 Å². The predicted octanol–water partition coefficient (Wildman–Crippen LogP) is 2.09. The molecule has 0 aromatic carbocycles. The zero-order chi connectivity index (χ0) is 13.8. The first kappa shape index (κ1) is 14.7. The molecule has 102 valence electrons. The fraction of sp³-hybridized carbons (Fsp3) is 0.769. The lowest BCUT2D eigenvalue weighted by atomic mass is 9.63. The van der Waals surface area contributed by atoms with Crippen molar-refractivity contribution in [2.45, 2.75) is 51.9 Å². The highest BCUT2D eigenvalue weighted by atomic mass is 16.4. The number of carboxylic acid groups (broad SMARTS) is 2. The maximum absolute atomic E-state index is 11.2. The SMILES string of the molecule is CC(=O)CCC1(C(C(=O)O)C(=O)O)CCCCC1. The van der Waals surface area contributed by atoms with Gasteiger partial charge in [0.25, 0.3) is 0 Å². The van der Waals surface area contributed by atoms with Crippen molar-refractivity contribution in [2.24, 2.45) is 11.3 Å². The van der Waals surface area contributed by atoms with Gasteiger partial charge in [0.1, 0.15) is 5.78 Å². The summed E-state index contributed by atoms with van der Waals surface area (Å²) in [7, 11) is 0. The minimum atomic E-state index is -1.39. The van der Waals surface area contributed by atoms with Crippen LogP contribution in [-0.2, 0) is 14.4 Å². The second kappa shape index (κ2) is 5.98. The Morgan fingerprint density at radius 3 is 1.94 bits per heavy atom. The first-order valence-electron chi connectivity index (χ1n) is 6.34. The molecule has 1 fully saturated rings. The Morgan fingerprint density at radius 1 is 1.06 bits per heavy atom. The summed E-state index contributed by atoms with van der Waals surface area (Å²) < 4.78 is 0. The van der Waals surface area contributed by atoms with Crippen LogP contribution >= 0.6 is 0 Å². The molecule has 0 unspecified atom stereocenters. The molecule has 0 saturated heterocycles. The molecule has 0 radical (unpaired) electrons. The number of carbonyl (C=O) groups excluding carboxylic acids is 1. The molecule has 5 heteroatoms. The maximum Gasteiger partial charge on any atom is 0.318 e. The Balaban J connectivity index is 2.96. The second-order valence-electron chi connectivity index (χ2n) is 5.23. The molecular weight excluding hydrogens is 236 g/mol. The zero-order valence-electron chi connectivity index (χ0n) is 10.6. The van der Waals surface area contributed by atoms with Gasteiger partial charge in [-0.3, -0.25) is 9.59 Å². The minimum Gasteiger partial charge on any atom is -0.481 e. The number of rotatable bonds is 6. The molecule has 5 nitrogen and oxygen atoms in total. The quantitative estimate of drug-likeness (QED) is 0.710. The molecule has 0 atom stereocenters. The molecule has 0 aliphatic heterocycles. The van der Waals surface area contributed by atoms with Crippen molar-refractivity contribution in [2.75, 3.05) is 0 Å². The molecule has 0 aromatic rings. The van der Waals surface area contributed by atoms with Crippen molar-refractivity contribution < 1.29 is 24.6 Å². The number of ketones is 1. The average Bonchev–Trinajstić information content (AvgIpc) is 2.26. The largest absolute Gasteiger partial charge is 0.481 e. The third kappa shape index (κ3) is 3.31. The monoisotopic (exact) mass is 256 g/mol. The highest BCUT2D eigenvalue weighted by Crippen LogP contribution is 2.46. The molecule has 0 aromatic heterocycles. The molecule has 1 aliphatic carbocycles. The lowest BCUT2D eigenvalue weighted by molar-refractivity contribution is -0.163. The molecular formula is C13H20O5. The Hall–Kier alpha value is -1.39. The topological polar surface area (TPSA) is 91.7 Å². The number of aliphatic carboxylic acids is 2. The molecule has 2 N–H and O–H groups in total. The lowest BCUT2D eigenvalue weighted by Gasteiger charge is -2.39. The van der Waals surface area contributed by atoms with Crippen molar-refractivity contribution in [1.82, 2.24) is 0 Å². The van der Waals surface area contributed by atoms with E-state index >= 15 is 0 Å². The standard InChI is InChI=1S/C13H20O5/c1-9(14)5-8-13(6-3-2-4-7-13)10(11(15)16)12(17)18/h10H,2-8H2,1H3,(H,15,16)(H,17,18). The summed E-state index contributed by atoms with van der Waals surface area (Å²) in [4.78, 5) is 33.5. The van der Waals surface area contributed by atoms with Crippen LogP contribution in [0.4, 0.5) is 0 Å². The number of hydrogen-bond donors (Lipinski definition) is 2. The van der Waals surface area contributed by atoms with Crippen LogP contribution in [0.3, 0.4) is 0 Å². The summed E-state index contributed by atoms with van der Waals surface area (Å²) in [5.41, 5.74) is -0.748. The van der Waals surface area contributed by atoms with Gasteiger partial charge in [0.05, 0.1) is 0 Å². The van der Waals surface area contributed by atoms with Crippen LogP contribution in [0.15, 0.2) is 0 Å². The third-order valence-electron chi connectivity index (χ3n) is 3.93. The van der Waals surface area contributed by atoms with Crippen molar-refractivity contribution in [1.29, 1.82) is 0 Å². The van der Waals surface area contributed by atoms with Crippen molar-refractivity contribution in [3.05, 3.63) is 0 Å². The number of carboxylic acids is 2. The normalized spacial score (nSPS) is 18.6. The fourth-order valence-corrected chi connectivity index (χ4v) is 2.99. The molecule has 18 heavy (non-hydrogen) atoms. The Bertz CT molecular complexity index is 327. The van der Waals surface area contributed by atoms with E-state index in [1.807, 2.05) is 0 Å². The summed E-state index contributed by atoms with van der Waals surface area (Å²) in [6.07, 6.45) is 4.49. The van der Waals surface area contributed by atoms with E-state index in [4.69, 9.17) is 10.2 Å². The van der Waals surface area contributed by atoms with Crippen LogP contribution in [0, 0.1) is 11.3 Å². The number of hydrogen-bond acceptors (Lipinski definition) is 3. The lowest BCUT2D eigenvalue weighted by Crippen LogP contribution is -2.43. The van der Waals surface area contributed by atoms with Gasteiger partial charge in [-0.2, -0.15) is 0 Å². The van der Waals surface area contributed by atoms with Gasteiger partial charge in [0, 0.05) is 6.42 Å². The van der Waals surface area contributed by atoms with E-state index in [1.165, 1.54) is 6.92 Å². The smallest absolute Gasteiger partial charge is 0.318 e. The Labute approximate surface area is 106 Å². The molecule has 0 amide bonds. The molecule has 0 spiro atoms. The average molecular weight is 256 g/mol. The Kier molecular flexibility index (Phi) is 4.87. The van der Waals surface area contributed by atoms with Crippen molar-refractivity contribution in [3.63, 3.8) is 0 Å². The van der Waals surface area contributed by atoms with Crippen molar-refractivity contribution in [3.8, 4) is 0 Å². The minimum absolute atomic E-state index is 0.0190. The van der Waals surface area contributed by atoms with Gasteiger partial charge < -0.3 is 15.0 Å². The summed E-state index contributed by atoms with van der Waals surface area (Å²) in [6.45, 7) is 1.45. The first-order valence-corrected chi connectivity index (χ1v) is 6.34. The van der Waals surface area contributed by atoms with Crippen LogP contribution in [0.2, 0.25) is 0 Å². The highest BCUT2D eigenvalue weighted by molar-refractivity contribution is 5.94. The van der Waals surface area contributed by atoms with E-state index in [0.29, 0.717) is 19.3 Å². The van der Waals surface area contributed by atoms with Crippen LogP contribution in [-0.4, -0.2) is 27.9 Å². The van der Waals surface area contributed by atoms with Crippen LogP contribution in [0.25, 0.3) is 0 Å². The van der Waals surface area contributed by atoms with E-state index in [2.05, 4.69) is 0 Å². The summed E-state index contributed by atoms with van der Waals surface area (Å²) in [5.74, 6) is -3.98. The first-order chi connectivity index (χ1) is 8.39. The second-order valence-corrected chi connectivity index (χ2v) is 5.23. The zero-order valence-corrected chi connectivity index (χ0v) is 10.6. The molecule has 1 aliphatic rings. The van der Waals surface area contributed by atoms with E-state index < -0.39 is 23.3 Å². The molecule has 1 saturated carbocycles. The van der Waals surface area contributed by atoms with Gasteiger partial charge in [-0.25, -0.2) is 0 Å². The highest BCUT2D eigenvalue weighted by Gasteiger charge is 2.47. The summed E-state index contributed by atoms with van der Waals surface area (Å²) in [6, 6.07) is 0. The van der Waals surface area contributed by atoms with Crippen LogP contribution in [0.1, 0.15) is 51.9 Å².